The van der Waals surface area contributed by atoms with Crippen molar-refractivity contribution in [3.8, 4) is 0 Å². The summed E-state index contributed by atoms with van der Waals surface area (Å²) in [5.41, 5.74) is 0.921. The van der Waals surface area contributed by atoms with Crippen molar-refractivity contribution in [3.05, 3.63) is 17.8 Å². The molecular weight excluding hydrogens is 150 g/mol. The minimum absolute atomic E-state index is 0.475. The van der Waals surface area contributed by atoms with Crippen molar-refractivity contribution in [1.29, 1.82) is 0 Å². The van der Waals surface area contributed by atoms with Gasteiger partial charge in [0.2, 0.25) is 0 Å². The van der Waals surface area contributed by atoms with Crippen LogP contribution in [0.1, 0.15) is 30.2 Å². The second-order valence-corrected chi connectivity index (χ2v) is 2.84. The van der Waals surface area contributed by atoms with E-state index >= 15 is 0 Å². The van der Waals surface area contributed by atoms with Crippen molar-refractivity contribution in [2.24, 2.45) is 0 Å². The zero-order valence-electron chi connectivity index (χ0n) is 5.51. The van der Waals surface area contributed by atoms with Gasteiger partial charge in [-0.25, -0.2) is 4.98 Å². The van der Waals surface area contributed by atoms with Crippen molar-refractivity contribution in [3.63, 3.8) is 0 Å². The third kappa shape index (κ3) is 0.926. The number of nitrogens with zero attached hydrogens (tertiary/aromatic N) is 1. The first kappa shape index (κ1) is 6.23. The first-order chi connectivity index (χ1) is 4.92. The molecule has 0 unspecified atom stereocenters. The summed E-state index contributed by atoms with van der Waals surface area (Å²) in [4.78, 5) is 4.00. The van der Waals surface area contributed by atoms with Gasteiger partial charge in [0.15, 0.2) is 6.39 Å². The predicted octanol–water partition coefficient (Wildman–Crippen LogP) is 2.29. The monoisotopic (exact) mass is 157 g/mol. The smallest absolute Gasteiger partial charge is 0.181 e. The summed E-state index contributed by atoms with van der Waals surface area (Å²) < 4.78 is 5.18. The van der Waals surface area contributed by atoms with Crippen LogP contribution in [0.15, 0.2) is 10.8 Å². The van der Waals surface area contributed by atoms with Crippen molar-refractivity contribution < 1.29 is 4.42 Å². The van der Waals surface area contributed by atoms with Crippen molar-refractivity contribution in [1.82, 2.24) is 4.98 Å². The van der Waals surface area contributed by atoms with Crippen LogP contribution in [-0.2, 0) is 5.88 Å². The number of oxazole rings is 1. The van der Waals surface area contributed by atoms with Gasteiger partial charge in [0.25, 0.3) is 0 Å². The molecule has 0 N–H and O–H groups in total. The fraction of sp³-hybridized carbons (Fsp3) is 0.571. The van der Waals surface area contributed by atoms with E-state index in [0.29, 0.717) is 11.8 Å². The number of hydrogen-bond donors (Lipinski definition) is 0. The topological polar surface area (TPSA) is 26.0 Å². The number of halogens is 1. The van der Waals surface area contributed by atoms with Crippen molar-refractivity contribution in [2.75, 3.05) is 0 Å². The summed E-state index contributed by atoms with van der Waals surface area (Å²) in [5.74, 6) is 2.11. The van der Waals surface area contributed by atoms with E-state index in [1.54, 1.807) is 0 Å². The van der Waals surface area contributed by atoms with Gasteiger partial charge in [0.1, 0.15) is 5.76 Å². The summed E-state index contributed by atoms with van der Waals surface area (Å²) in [6, 6.07) is 0. The molecule has 0 amide bonds. The van der Waals surface area contributed by atoms with Gasteiger partial charge >= 0.3 is 0 Å². The quantitative estimate of drug-likeness (QED) is 0.616. The van der Waals surface area contributed by atoms with E-state index in [-0.39, 0.29) is 0 Å². The lowest BCUT2D eigenvalue weighted by atomic mass is 10.3. The molecule has 1 aromatic rings. The highest BCUT2D eigenvalue weighted by molar-refractivity contribution is 6.16. The summed E-state index contributed by atoms with van der Waals surface area (Å²) in [6.45, 7) is 0. The summed E-state index contributed by atoms with van der Waals surface area (Å²) >= 11 is 5.62. The van der Waals surface area contributed by atoms with Gasteiger partial charge in [-0.15, -0.1) is 11.6 Å². The van der Waals surface area contributed by atoms with Crippen LogP contribution in [0.25, 0.3) is 0 Å². The molecular formula is C7H8ClNO. The van der Waals surface area contributed by atoms with Gasteiger partial charge in [0, 0.05) is 5.92 Å². The molecule has 0 aromatic carbocycles. The highest BCUT2D eigenvalue weighted by atomic mass is 35.5. The van der Waals surface area contributed by atoms with E-state index in [1.807, 2.05) is 0 Å². The zero-order chi connectivity index (χ0) is 6.97. The lowest BCUT2D eigenvalue weighted by Crippen LogP contribution is -1.83. The van der Waals surface area contributed by atoms with Crippen LogP contribution in [0, 0.1) is 0 Å². The summed E-state index contributed by atoms with van der Waals surface area (Å²) in [7, 11) is 0. The average molecular weight is 158 g/mol. The molecule has 2 rings (SSSR count). The van der Waals surface area contributed by atoms with Crippen LogP contribution in [0.3, 0.4) is 0 Å². The fourth-order valence-corrected chi connectivity index (χ4v) is 1.26. The third-order valence-corrected chi connectivity index (χ3v) is 2.00. The Hall–Kier alpha value is -0.500. The molecule has 0 spiro atoms. The van der Waals surface area contributed by atoms with E-state index in [2.05, 4.69) is 4.98 Å². The Balaban J connectivity index is 2.28. The molecule has 0 atom stereocenters. The Morgan fingerprint density at radius 1 is 1.70 bits per heavy atom. The minimum Gasteiger partial charge on any atom is -0.448 e. The molecule has 3 heteroatoms. The molecule has 1 aliphatic carbocycles. The maximum Gasteiger partial charge on any atom is 0.181 e. The maximum absolute atomic E-state index is 5.62. The lowest BCUT2D eigenvalue weighted by Gasteiger charge is -1.90. The molecule has 1 heterocycles. The van der Waals surface area contributed by atoms with Crippen LogP contribution in [0.4, 0.5) is 0 Å². The van der Waals surface area contributed by atoms with E-state index in [0.717, 1.165) is 11.5 Å². The van der Waals surface area contributed by atoms with Crippen LogP contribution in [-0.4, -0.2) is 4.98 Å². The normalized spacial score (nSPS) is 17.7. The molecule has 0 aliphatic heterocycles. The van der Waals surface area contributed by atoms with Gasteiger partial charge in [-0.3, -0.25) is 0 Å². The molecule has 1 aliphatic rings. The van der Waals surface area contributed by atoms with Gasteiger partial charge in [0.05, 0.1) is 11.6 Å². The first-order valence-corrected chi connectivity index (χ1v) is 3.93. The van der Waals surface area contributed by atoms with Gasteiger partial charge in [-0.1, -0.05) is 0 Å². The maximum atomic E-state index is 5.62. The number of aromatic nitrogens is 1. The molecule has 0 saturated heterocycles. The largest absolute Gasteiger partial charge is 0.448 e. The zero-order valence-corrected chi connectivity index (χ0v) is 6.27. The highest BCUT2D eigenvalue weighted by Gasteiger charge is 2.29. The third-order valence-electron chi connectivity index (χ3n) is 1.75. The van der Waals surface area contributed by atoms with E-state index in [4.69, 9.17) is 16.0 Å². The second kappa shape index (κ2) is 2.27. The van der Waals surface area contributed by atoms with E-state index < -0.39 is 0 Å². The molecule has 0 bridgehead atoms. The SMILES string of the molecule is ClCc1ncoc1C1CC1. The Morgan fingerprint density at radius 2 is 2.50 bits per heavy atom. The van der Waals surface area contributed by atoms with Crippen LogP contribution >= 0.6 is 11.6 Å². The predicted molar refractivity (Wildman–Crippen MR) is 38.0 cm³/mol. The minimum atomic E-state index is 0.475. The van der Waals surface area contributed by atoms with Gasteiger partial charge in [-0.2, -0.15) is 0 Å². The Morgan fingerprint density at radius 3 is 3.10 bits per heavy atom. The molecule has 1 saturated carbocycles. The standard InChI is InChI=1S/C7H8ClNO/c8-3-6-7(5-1-2-5)10-4-9-6/h4-5H,1-3H2. The Kier molecular flexibility index (Phi) is 1.42. The number of rotatable bonds is 2. The van der Waals surface area contributed by atoms with Crippen molar-refractivity contribution >= 4 is 11.6 Å². The summed E-state index contributed by atoms with van der Waals surface area (Å²) in [5, 5.41) is 0. The summed E-state index contributed by atoms with van der Waals surface area (Å²) in [6.07, 6.45) is 3.95. The van der Waals surface area contributed by atoms with Gasteiger partial charge < -0.3 is 4.42 Å². The Bertz CT molecular complexity index is 229. The number of alkyl halides is 1. The van der Waals surface area contributed by atoms with Crippen molar-refractivity contribution in [2.45, 2.75) is 24.6 Å². The van der Waals surface area contributed by atoms with Crippen LogP contribution in [0.2, 0.25) is 0 Å². The molecule has 10 heavy (non-hydrogen) atoms. The average Bonchev–Trinajstić information content (AvgIpc) is 2.69. The second-order valence-electron chi connectivity index (χ2n) is 2.57. The van der Waals surface area contributed by atoms with Crippen LogP contribution < -0.4 is 0 Å². The highest BCUT2D eigenvalue weighted by Crippen LogP contribution is 2.41. The van der Waals surface area contributed by atoms with E-state index in [9.17, 15) is 0 Å². The molecule has 2 nitrogen and oxygen atoms in total. The molecule has 1 aromatic heterocycles. The fourth-order valence-electron chi connectivity index (χ4n) is 1.06. The van der Waals surface area contributed by atoms with Crippen LogP contribution in [0.5, 0.6) is 0 Å². The van der Waals surface area contributed by atoms with Gasteiger partial charge in [-0.05, 0) is 12.8 Å². The molecule has 1 fully saturated rings. The Labute approximate surface area is 64.2 Å². The number of hydrogen-bond acceptors (Lipinski definition) is 2. The first-order valence-electron chi connectivity index (χ1n) is 3.40. The molecule has 0 radical (unpaired) electrons. The lowest BCUT2D eigenvalue weighted by molar-refractivity contribution is 0.504. The van der Waals surface area contributed by atoms with E-state index in [1.165, 1.54) is 19.2 Å². The molecule has 54 valence electrons.